The fraction of sp³-hybridized carbons (Fsp3) is 0.417. The average molecular weight is 492 g/mol. The summed E-state index contributed by atoms with van der Waals surface area (Å²) in [6.07, 6.45) is 1.30. The van der Waals surface area contributed by atoms with E-state index in [0.29, 0.717) is 12.4 Å². The first kappa shape index (κ1) is 27.3. The van der Waals surface area contributed by atoms with Crippen molar-refractivity contribution in [3.05, 3.63) is 65.7 Å². The number of hydrogen-bond donors (Lipinski definition) is 1. The number of hydrogen-bond acceptors (Lipinski definition) is 6. The second kappa shape index (κ2) is 13.1. The van der Waals surface area contributed by atoms with Crippen LogP contribution in [0.25, 0.3) is 0 Å². The van der Waals surface area contributed by atoms with Crippen molar-refractivity contribution in [3.8, 4) is 5.75 Å². The van der Waals surface area contributed by atoms with Crippen LogP contribution < -0.4 is 10.1 Å². The summed E-state index contributed by atoms with van der Waals surface area (Å²) >= 11 is 0. The first-order valence-electron chi connectivity index (χ1n) is 10.8. The number of rotatable bonds is 13. The molecule has 34 heavy (non-hydrogen) atoms. The lowest BCUT2D eigenvalue weighted by atomic mass is 10.0. The number of methoxy groups -OCH3 is 2. The summed E-state index contributed by atoms with van der Waals surface area (Å²) in [7, 11) is 0.851. The fourth-order valence-electron chi connectivity index (χ4n) is 3.27. The van der Waals surface area contributed by atoms with Crippen molar-refractivity contribution in [2.75, 3.05) is 47.2 Å². The maximum atomic E-state index is 13.4. The SMILES string of the molecule is COCCNC(=O)[C@H](Cc1ccccc1)N(Cc1ccc(OC)cc1)C(=O)CN(C)S(C)(=O)=O. The second-order valence-corrected chi connectivity index (χ2v) is 9.97. The van der Waals surface area contributed by atoms with Gasteiger partial charge < -0.3 is 19.7 Å². The molecule has 0 heterocycles. The third-order valence-corrected chi connectivity index (χ3v) is 6.57. The molecule has 2 rings (SSSR count). The minimum atomic E-state index is -3.58. The van der Waals surface area contributed by atoms with E-state index in [1.54, 1.807) is 19.2 Å². The van der Waals surface area contributed by atoms with Gasteiger partial charge in [0, 0.05) is 33.7 Å². The van der Waals surface area contributed by atoms with Crippen molar-refractivity contribution in [1.29, 1.82) is 0 Å². The Morgan fingerprint density at radius 1 is 1.00 bits per heavy atom. The van der Waals surface area contributed by atoms with E-state index in [4.69, 9.17) is 9.47 Å². The molecular formula is C24H33N3O6S. The highest BCUT2D eigenvalue weighted by Gasteiger charge is 2.31. The van der Waals surface area contributed by atoms with Gasteiger partial charge in [0.25, 0.3) is 0 Å². The minimum Gasteiger partial charge on any atom is -0.497 e. The summed E-state index contributed by atoms with van der Waals surface area (Å²) in [5.41, 5.74) is 1.65. The summed E-state index contributed by atoms with van der Waals surface area (Å²) in [5, 5.41) is 2.82. The number of ether oxygens (including phenoxy) is 2. The highest BCUT2D eigenvalue weighted by molar-refractivity contribution is 7.88. The molecule has 0 aromatic heterocycles. The number of benzene rings is 2. The molecule has 0 unspecified atom stereocenters. The van der Waals surface area contributed by atoms with E-state index in [0.717, 1.165) is 21.7 Å². The predicted molar refractivity (Wildman–Crippen MR) is 130 cm³/mol. The first-order valence-corrected chi connectivity index (χ1v) is 12.6. The molecule has 0 bridgehead atoms. The Morgan fingerprint density at radius 2 is 1.65 bits per heavy atom. The lowest BCUT2D eigenvalue weighted by Gasteiger charge is -2.32. The van der Waals surface area contributed by atoms with Crippen LogP contribution in [0.4, 0.5) is 0 Å². The zero-order chi connectivity index (χ0) is 25.1. The zero-order valence-corrected chi connectivity index (χ0v) is 20.9. The van der Waals surface area contributed by atoms with E-state index in [1.165, 1.54) is 19.1 Å². The van der Waals surface area contributed by atoms with Crippen LogP contribution in [0.15, 0.2) is 54.6 Å². The molecular weight excluding hydrogens is 458 g/mol. The highest BCUT2D eigenvalue weighted by atomic mass is 32.2. The minimum absolute atomic E-state index is 0.121. The van der Waals surface area contributed by atoms with E-state index in [-0.39, 0.29) is 32.0 Å². The van der Waals surface area contributed by atoms with E-state index in [2.05, 4.69) is 5.32 Å². The molecule has 0 aliphatic carbocycles. The maximum Gasteiger partial charge on any atom is 0.243 e. The molecule has 2 aromatic rings. The van der Waals surface area contributed by atoms with Gasteiger partial charge in [-0.05, 0) is 23.3 Å². The van der Waals surface area contributed by atoms with Gasteiger partial charge in [-0.25, -0.2) is 8.42 Å². The van der Waals surface area contributed by atoms with Crippen LogP contribution in [-0.4, -0.2) is 82.7 Å². The standard InChI is InChI=1S/C24H33N3O6S/c1-26(34(4,30)31)18-23(28)27(17-20-10-12-21(33-3)13-11-20)22(24(29)25-14-15-32-2)16-19-8-6-5-7-9-19/h5-13,22H,14-18H2,1-4H3,(H,25,29)/t22-/m0/s1. The molecule has 9 nitrogen and oxygen atoms in total. The van der Waals surface area contributed by atoms with Crippen molar-refractivity contribution >= 4 is 21.8 Å². The number of amides is 2. The van der Waals surface area contributed by atoms with Gasteiger partial charge in [0.2, 0.25) is 21.8 Å². The van der Waals surface area contributed by atoms with Gasteiger partial charge >= 0.3 is 0 Å². The quantitative estimate of drug-likeness (QED) is 0.424. The molecule has 0 radical (unpaired) electrons. The summed E-state index contributed by atoms with van der Waals surface area (Å²) in [4.78, 5) is 28.0. The van der Waals surface area contributed by atoms with E-state index < -0.39 is 22.0 Å². The number of carbonyl (C=O) groups excluding carboxylic acids is 2. The van der Waals surface area contributed by atoms with Crippen LogP contribution >= 0.6 is 0 Å². The lowest BCUT2D eigenvalue weighted by Crippen LogP contribution is -2.53. The zero-order valence-electron chi connectivity index (χ0n) is 20.1. The Morgan fingerprint density at radius 3 is 2.21 bits per heavy atom. The third-order valence-electron chi connectivity index (χ3n) is 5.31. The van der Waals surface area contributed by atoms with Gasteiger partial charge in [-0.15, -0.1) is 0 Å². The van der Waals surface area contributed by atoms with E-state index >= 15 is 0 Å². The number of sulfonamides is 1. The van der Waals surface area contributed by atoms with Crippen LogP contribution in [-0.2, 0) is 37.3 Å². The topological polar surface area (TPSA) is 105 Å². The van der Waals surface area contributed by atoms with Crippen LogP contribution in [0.2, 0.25) is 0 Å². The smallest absolute Gasteiger partial charge is 0.243 e. The Hall–Kier alpha value is -2.95. The Kier molecular flexibility index (Phi) is 10.5. The van der Waals surface area contributed by atoms with Gasteiger partial charge in [-0.2, -0.15) is 4.31 Å². The molecule has 0 aliphatic heterocycles. The Bertz CT molecular complexity index is 1030. The summed E-state index contributed by atoms with van der Waals surface area (Å²) in [6.45, 7) is 0.350. The van der Waals surface area contributed by atoms with Crippen LogP contribution in [0.1, 0.15) is 11.1 Å². The van der Waals surface area contributed by atoms with Gasteiger partial charge in [0.1, 0.15) is 11.8 Å². The molecule has 10 heteroatoms. The summed E-state index contributed by atoms with van der Waals surface area (Å²) in [5.74, 6) is -0.159. The molecule has 2 amide bonds. The van der Waals surface area contributed by atoms with Gasteiger partial charge in [0.05, 0.1) is 26.5 Å². The largest absolute Gasteiger partial charge is 0.497 e. The van der Waals surface area contributed by atoms with Crippen molar-refractivity contribution < 1.29 is 27.5 Å². The molecule has 0 saturated carbocycles. The summed E-state index contributed by atoms with van der Waals surface area (Å²) < 4.78 is 35.1. The molecule has 0 saturated heterocycles. The lowest BCUT2D eigenvalue weighted by molar-refractivity contribution is -0.141. The molecule has 0 fully saturated rings. The third kappa shape index (κ3) is 8.44. The second-order valence-electron chi connectivity index (χ2n) is 7.88. The Labute approximate surface area is 201 Å². The van der Waals surface area contributed by atoms with Crippen molar-refractivity contribution in [2.45, 2.75) is 19.0 Å². The van der Waals surface area contributed by atoms with Crippen molar-refractivity contribution in [3.63, 3.8) is 0 Å². The van der Waals surface area contributed by atoms with Gasteiger partial charge in [-0.3, -0.25) is 9.59 Å². The van der Waals surface area contributed by atoms with E-state index in [9.17, 15) is 18.0 Å². The van der Waals surface area contributed by atoms with Crippen molar-refractivity contribution in [2.24, 2.45) is 0 Å². The highest BCUT2D eigenvalue weighted by Crippen LogP contribution is 2.18. The van der Waals surface area contributed by atoms with Crippen LogP contribution in [0, 0.1) is 0 Å². The number of carbonyl (C=O) groups is 2. The monoisotopic (exact) mass is 491 g/mol. The molecule has 1 N–H and O–H groups in total. The van der Waals surface area contributed by atoms with E-state index in [1.807, 2.05) is 42.5 Å². The number of likely N-dealkylation sites (N-methyl/N-ethyl adjacent to an activating group) is 1. The summed E-state index contributed by atoms with van der Waals surface area (Å²) in [6, 6.07) is 15.7. The first-order chi connectivity index (χ1) is 16.2. The van der Waals surface area contributed by atoms with Crippen LogP contribution in [0.5, 0.6) is 5.75 Å². The van der Waals surface area contributed by atoms with Crippen LogP contribution in [0.3, 0.4) is 0 Å². The Balaban J connectivity index is 2.41. The van der Waals surface area contributed by atoms with Crippen molar-refractivity contribution in [1.82, 2.24) is 14.5 Å². The average Bonchev–Trinajstić information content (AvgIpc) is 2.81. The number of nitrogens with one attached hydrogen (secondary N) is 1. The predicted octanol–water partition coefficient (Wildman–Crippen LogP) is 1.29. The molecule has 186 valence electrons. The fourth-order valence-corrected chi connectivity index (χ4v) is 3.62. The molecule has 2 aromatic carbocycles. The van der Waals surface area contributed by atoms with Gasteiger partial charge in [-0.1, -0.05) is 42.5 Å². The van der Waals surface area contributed by atoms with Gasteiger partial charge in [0.15, 0.2) is 0 Å². The molecule has 1 atom stereocenters. The normalized spacial score (nSPS) is 12.3. The molecule has 0 spiro atoms. The maximum absolute atomic E-state index is 13.4. The number of nitrogens with zero attached hydrogens (tertiary/aromatic N) is 2. The molecule has 0 aliphatic rings.